The Morgan fingerprint density at radius 1 is 1.12 bits per heavy atom. The minimum atomic E-state index is -0.222. The molecule has 0 bridgehead atoms. The number of aromatic amines is 1. The molecule has 25 heavy (non-hydrogen) atoms. The summed E-state index contributed by atoms with van der Waals surface area (Å²) in [4.78, 5) is 19.0. The van der Waals surface area contributed by atoms with Crippen LogP contribution in [0.4, 0.5) is 0 Å². The highest BCUT2D eigenvalue weighted by atomic mass is 16.5. The van der Waals surface area contributed by atoms with Gasteiger partial charge in [-0.15, -0.1) is 0 Å². The van der Waals surface area contributed by atoms with Crippen LogP contribution in [-0.4, -0.2) is 22.2 Å². The number of rotatable bonds is 3. The molecule has 0 fully saturated rings. The molecule has 124 valence electrons. The predicted molar refractivity (Wildman–Crippen MR) is 94.6 cm³/mol. The van der Waals surface area contributed by atoms with E-state index in [1.54, 1.807) is 13.2 Å². The molecule has 6 heteroatoms. The van der Waals surface area contributed by atoms with Gasteiger partial charge < -0.3 is 14.2 Å². The maximum atomic E-state index is 12.2. The number of hydrogen-bond donors (Lipinski definition) is 1. The standard InChI is InChI=1S/C19H15N3O3/c1-11-16(17(22-25-11)12-6-4-3-5-7-12)13-8-14-18(15(9-13)24-2)20-10-21-19(14)23/h3-10H,1-2H3,(H,20,21,23). The summed E-state index contributed by atoms with van der Waals surface area (Å²) >= 11 is 0. The fraction of sp³-hybridized carbons (Fsp3) is 0.105. The number of methoxy groups -OCH3 is 1. The minimum Gasteiger partial charge on any atom is -0.494 e. The molecule has 0 unspecified atom stereocenters. The molecule has 2 heterocycles. The van der Waals surface area contributed by atoms with Crippen molar-refractivity contribution in [2.24, 2.45) is 0 Å². The zero-order valence-corrected chi connectivity index (χ0v) is 13.7. The van der Waals surface area contributed by atoms with Crippen LogP contribution in [0.25, 0.3) is 33.3 Å². The van der Waals surface area contributed by atoms with E-state index < -0.39 is 0 Å². The van der Waals surface area contributed by atoms with Crippen LogP contribution >= 0.6 is 0 Å². The number of nitrogens with zero attached hydrogens (tertiary/aromatic N) is 2. The lowest BCUT2D eigenvalue weighted by Crippen LogP contribution is -2.07. The van der Waals surface area contributed by atoms with Crippen molar-refractivity contribution in [1.82, 2.24) is 15.1 Å². The van der Waals surface area contributed by atoms with Crippen LogP contribution in [0.2, 0.25) is 0 Å². The molecule has 0 amide bonds. The molecule has 2 aromatic heterocycles. The van der Waals surface area contributed by atoms with E-state index in [2.05, 4.69) is 15.1 Å². The molecule has 0 saturated carbocycles. The minimum absolute atomic E-state index is 0.222. The lowest BCUT2D eigenvalue weighted by molar-refractivity contribution is 0.400. The average Bonchev–Trinajstić information content (AvgIpc) is 3.03. The zero-order valence-electron chi connectivity index (χ0n) is 13.7. The van der Waals surface area contributed by atoms with Crippen LogP contribution in [0.5, 0.6) is 5.75 Å². The first-order valence-corrected chi connectivity index (χ1v) is 7.76. The molecule has 0 aliphatic carbocycles. The Morgan fingerprint density at radius 2 is 1.92 bits per heavy atom. The fourth-order valence-electron chi connectivity index (χ4n) is 2.95. The average molecular weight is 333 g/mol. The first kappa shape index (κ1) is 15.1. The third-order valence-corrected chi connectivity index (χ3v) is 4.13. The number of ether oxygens (including phenoxy) is 1. The SMILES string of the molecule is COc1cc(-c2c(-c3ccccc3)noc2C)cc2c(=O)[nH]cnc12. The summed E-state index contributed by atoms with van der Waals surface area (Å²) in [5.41, 5.74) is 3.58. The number of H-pyrrole nitrogens is 1. The second-order valence-corrected chi connectivity index (χ2v) is 5.63. The molecule has 0 saturated heterocycles. The van der Waals surface area contributed by atoms with Gasteiger partial charge in [0, 0.05) is 5.56 Å². The van der Waals surface area contributed by atoms with Crippen molar-refractivity contribution >= 4 is 10.9 Å². The highest BCUT2D eigenvalue weighted by molar-refractivity contribution is 5.92. The molecule has 4 rings (SSSR count). The fourth-order valence-corrected chi connectivity index (χ4v) is 2.95. The normalized spacial score (nSPS) is 11.0. The topological polar surface area (TPSA) is 81.0 Å². The third-order valence-electron chi connectivity index (χ3n) is 4.13. The van der Waals surface area contributed by atoms with Gasteiger partial charge in [0.1, 0.15) is 22.7 Å². The molecule has 0 radical (unpaired) electrons. The third kappa shape index (κ3) is 2.48. The maximum Gasteiger partial charge on any atom is 0.258 e. The Labute approximate surface area is 143 Å². The summed E-state index contributed by atoms with van der Waals surface area (Å²) in [6.45, 7) is 1.85. The number of aryl methyl sites for hydroxylation is 1. The quantitative estimate of drug-likeness (QED) is 0.620. The first-order chi connectivity index (χ1) is 12.2. The molecule has 0 aliphatic heterocycles. The van der Waals surface area contributed by atoms with Crippen LogP contribution in [-0.2, 0) is 0 Å². The van der Waals surface area contributed by atoms with Crippen molar-refractivity contribution in [2.45, 2.75) is 6.92 Å². The highest BCUT2D eigenvalue weighted by Crippen LogP contribution is 2.37. The van der Waals surface area contributed by atoms with Gasteiger partial charge in [0.15, 0.2) is 0 Å². The second-order valence-electron chi connectivity index (χ2n) is 5.63. The van der Waals surface area contributed by atoms with E-state index in [9.17, 15) is 4.79 Å². The van der Waals surface area contributed by atoms with Crippen molar-refractivity contribution in [1.29, 1.82) is 0 Å². The lowest BCUT2D eigenvalue weighted by Gasteiger charge is -2.09. The van der Waals surface area contributed by atoms with Gasteiger partial charge in [0.25, 0.3) is 5.56 Å². The van der Waals surface area contributed by atoms with Gasteiger partial charge in [0.05, 0.1) is 24.4 Å². The van der Waals surface area contributed by atoms with Crippen molar-refractivity contribution in [3.8, 4) is 28.1 Å². The predicted octanol–water partition coefficient (Wildman–Crippen LogP) is 3.56. The van der Waals surface area contributed by atoms with Crippen LogP contribution in [0.1, 0.15) is 5.76 Å². The zero-order chi connectivity index (χ0) is 17.4. The molecule has 4 aromatic rings. The van der Waals surface area contributed by atoms with Crippen LogP contribution in [0.15, 0.2) is 58.1 Å². The molecule has 0 spiro atoms. The van der Waals surface area contributed by atoms with Crippen molar-refractivity contribution in [2.75, 3.05) is 7.11 Å². The Hall–Kier alpha value is -3.41. The molecular formula is C19H15N3O3. The van der Waals surface area contributed by atoms with Crippen molar-refractivity contribution in [3.63, 3.8) is 0 Å². The number of benzene rings is 2. The van der Waals surface area contributed by atoms with Crippen LogP contribution in [0.3, 0.4) is 0 Å². The van der Waals surface area contributed by atoms with Gasteiger partial charge in [-0.25, -0.2) is 4.98 Å². The Morgan fingerprint density at radius 3 is 2.68 bits per heavy atom. The largest absolute Gasteiger partial charge is 0.494 e. The smallest absolute Gasteiger partial charge is 0.258 e. The molecule has 6 nitrogen and oxygen atoms in total. The lowest BCUT2D eigenvalue weighted by atomic mass is 9.98. The van der Waals surface area contributed by atoms with Crippen molar-refractivity contribution < 1.29 is 9.26 Å². The Balaban J connectivity index is 2.02. The summed E-state index contributed by atoms with van der Waals surface area (Å²) < 4.78 is 10.9. The summed E-state index contributed by atoms with van der Waals surface area (Å²) in [5.74, 6) is 1.19. The monoisotopic (exact) mass is 333 g/mol. The molecule has 0 atom stereocenters. The Bertz CT molecular complexity index is 1110. The van der Waals surface area contributed by atoms with Crippen LogP contribution in [0, 0.1) is 6.92 Å². The summed E-state index contributed by atoms with van der Waals surface area (Å²) in [6, 6.07) is 13.4. The van der Waals surface area contributed by atoms with Crippen molar-refractivity contribution in [3.05, 3.63) is 64.9 Å². The van der Waals surface area contributed by atoms with Gasteiger partial charge in [-0.05, 0) is 24.6 Å². The summed E-state index contributed by atoms with van der Waals surface area (Å²) in [5, 5.41) is 4.66. The van der Waals surface area contributed by atoms with Gasteiger partial charge in [-0.2, -0.15) is 0 Å². The van der Waals surface area contributed by atoms with Gasteiger partial charge >= 0.3 is 0 Å². The summed E-state index contributed by atoms with van der Waals surface area (Å²) in [7, 11) is 1.56. The maximum absolute atomic E-state index is 12.2. The van der Waals surface area contributed by atoms with E-state index in [4.69, 9.17) is 9.26 Å². The molecule has 2 aromatic carbocycles. The molecular weight excluding hydrogens is 318 g/mol. The molecule has 0 aliphatic rings. The van der Waals surface area contributed by atoms with E-state index in [0.29, 0.717) is 22.4 Å². The Kier molecular flexibility index (Phi) is 3.57. The van der Waals surface area contributed by atoms with Gasteiger partial charge in [0.2, 0.25) is 0 Å². The molecule has 1 N–H and O–H groups in total. The van der Waals surface area contributed by atoms with E-state index >= 15 is 0 Å². The second kappa shape index (κ2) is 5.90. The summed E-state index contributed by atoms with van der Waals surface area (Å²) in [6.07, 6.45) is 1.37. The van der Waals surface area contributed by atoms with E-state index in [0.717, 1.165) is 22.4 Å². The number of hydrogen-bond acceptors (Lipinski definition) is 5. The number of fused-ring (bicyclic) bond motifs is 1. The number of aromatic nitrogens is 3. The highest BCUT2D eigenvalue weighted by Gasteiger charge is 2.19. The number of nitrogens with one attached hydrogen (secondary N) is 1. The van der Waals surface area contributed by atoms with E-state index in [1.165, 1.54) is 6.33 Å². The van der Waals surface area contributed by atoms with Crippen LogP contribution < -0.4 is 10.3 Å². The van der Waals surface area contributed by atoms with E-state index in [1.807, 2.05) is 43.3 Å². The first-order valence-electron chi connectivity index (χ1n) is 7.76. The van der Waals surface area contributed by atoms with Gasteiger partial charge in [-0.3, -0.25) is 4.79 Å². The van der Waals surface area contributed by atoms with E-state index in [-0.39, 0.29) is 5.56 Å². The van der Waals surface area contributed by atoms with Gasteiger partial charge in [-0.1, -0.05) is 35.5 Å².